The van der Waals surface area contributed by atoms with Crippen LogP contribution in [0.4, 0.5) is 5.69 Å². The van der Waals surface area contributed by atoms with Crippen molar-refractivity contribution in [1.82, 2.24) is 9.78 Å². The summed E-state index contributed by atoms with van der Waals surface area (Å²) in [6.07, 6.45) is 1.61. The zero-order valence-electron chi connectivity index (χ0n) is 15.0. The first-order chi connectivity index (χ1) is 13.2. The molecule has 0 spiro atoms. The largest absolute Gasteiger partial charge is 0.321 e. The number of amides is 1. The quantitative estimate of drug-likeness (QED) is 0.555. The minimum absolute atomic E-state index is 0.168. The topological polar surface area (TPSA) is 46.9 Å². The van der Waals surface area contributed by atoms with Crippen molar-refractivity contribution < 1.29 is 4.79 Å². The van der Waals surface area contributed by atoms with Crippen molar-refractivity contribution in [3.63, 3.8) is 0 Å². The van der Waals surface area contributed by atoms with Gasteiger partial charge in [-0.3, -0.25) is 4.79 Å². The minimum Gasteiger partial charge on any atom is -0.321 e. The Hall–Kier alpha value is -3.66. The molecule has 0 unspecified atom stereocenters. The fraction of sp³-hybridized carbons (Fsp3) is 0.0435. The summed E-state index contributed by atoms with van der Waals surface area (Å²) in [6, 6.07) is 27.6. The average molecular weight is 353 g/mol. The Kier molecular flexibility index (Phi) is 4.54. The number of nitrogens with zero attached hydrogens (tertiary/aromatic N) is 2. The van der Waals surface area contributed by atoms with Crippen LogP contribution in [0.15, 0.2) is 91.1 Å². The van der Waals surface area contributed by atoms with Gasteiger partial charge in [0.15, 0.2) is 0 Å². The van der Waals surface area contributed by atoms with Crippen molar-refractivity contribution in [2.24, 2.45) is 0 Å². The summed E-state index contributed by atoms with van der Waals surface area (Å²) >= 11 is 0. The second-order valence-corrected chi connectivity index (χ2v) is 6.26. The van der Waals surface area contributed by atoms with E-state index in [9.17, 15) is 4.79 Å². The van der Waals surface area contributed by atoms with Gasteiger partial charge in [0.2, 0.25) is 0 Å². The van der Waals surface area contributed by atoms with E-state index in [-0.39, 0.29) is 5.91 Å². The number of carbonyl (C=O) groups excluding carboxylic acids is 1. The van der Waals surface area contributed by atoms with Crippen molar-refractivity contribution in [2.75, 3.05) is 5.32 Å². The maximum atomic E-state index is 12.9. The highest BCUT2D eigenvalue weighted by Crippen LogP contribution is 2.28. The molecular weight excluding hydrogens is 334 g/mol. The summed E-state index contributed by atoms with van der Waals surface area (Å²) in [6.45, 7) is 1.90. The highest BCUT2D eigenvalue weighted by atomic mass is 16.1. The molecule has 4 aromatic rings. The number of hydrogen-bond acceptors (Lipinski definition) is 2. The van der Waals surface area contributed by atoms with Crippen LogP contribution in [-0.4, -0.2) is 15.7 Å². The van der Waals surface area contributed by atoms with Crippen molar-refractivity contribution in [3.8, 4) is 16.8 Å². The van der Waals surface area contributed by atoms with E-state index in [4.69, 9.17) is 0 Å². The molecule has 0 fully saturated rings. The van der Waals surface area contributed by atoms with E-state index in [1.54, 1.807) is 10.9 Å². The highest BCUT2D eigenvalue weighted by Gasteiger charge is 2.16. The van der Waals surface area contributed by atoms with Gasteiger partial charge in [-0.2, -0.15) is 5.10 Å². The molecule has 27 heavy (non-hydrogen) atoms. The van der Waals surface area contributed by atoms with Crippen molar-refractivity contribution >= 4 is 11.6 Å². The van der Waals surface area contributed by atoms with Crippen LogP contribution in [0.3, 0.4) is 0 Å². The van der Waals surface area contributed by atoms with E-state index in [0.29, 0.717) is 5.56 Å². The van der Waals surface area contributed by atoms with Crippen molar-refractivity contribution in [1.29, 1.82) is 0 Å². The van der Waals surface area contributed by atoms with Gasteiger partial charge in [-0.05, 0) is 30.7 Å². The number of benzene rings is 3. The molecule has 1 aromatic heterocycles. The lowest BCUT2D eigenvalue weighted by molar-refractivity contribution is 0.102. The van der Waals surface area contributed by atoms with Crippen LogP contribution in [0.5, 0.6) is 0 Å². The molecule has 1 N–H and O–H groups in total. The minimum atomic E-state index is -0.168. The molecule has 0 saturated heterocycles. The van der Waals surface area contributed by atoms with Gasteiger partial charge in [-0.1, -0.05) is 66.7 Å². The number of hydrogen-bond donors (Lipinski definition) is 1. The number of anilines is 1. The molecular formula is C23H19N3O. The molecule has 4 nitrogen and oxygen atoms in total. The molecule has 0 aliphatic rings. The van der Waals surface area contributed by atoms with Crippen molar-refractivity contribution in [3.05, 3.63) is 102 Å². The fourth-order valence-corrected chi connectivity index (χ4v) is 3.11. The third-order valence-electron chi connectivity index (χ3n) is 4.52. The SMILES string of the molecule is Cc1c(C(=O)Nc2ccccc2-c2ccccc2)cnn1-c1ccccc1. The van der Waals surface area contributed by atoms with Crippen molar-refractivity contribution in [2.45, 2.75) is 6.92 Å². The molecule has 0 saturated carbocycles. The van der Waals surface area contributed by atoms with E-state index >= 15 is 0 Å². The molecule has 0 atom stereocenters. The maximum Gasteiger partial charge on any atom is 0.259 e. The smallest absolute Gasteiger partial charge is 0.259 e. The Morgan fingerprint density at radius 2 is 1.48 bits per heavy atom. The lowest BCUT2D eigenvalue weighted by atomic mass is 10.0. The van der Waals surface area contributed by atoms with Crippen LogP contribution in [0.1, 0.15) is 16.1 Å². The Bertz CT molecular complexity index is 1070. The summed E-state index contributed by atoms with van der Waals surface area (Å²) in [5.41, 5.74) is 5.11. The van der Waals surface area contributed by atoms with Gasteiger partial charge >= 0.3 is 0 Å². The molecule has 4 heteroatoms. The first-order valence-electron chi connectivity index (χ1n) is 8.80. The predicted molar refractivity (Wildman–Crippen MR) is 108 cm³/mol. The van der Waals surface area contributed by atoms with Crippen LogP contribution in [0.2, 0.25) is 0 Å². The molecule has 0 aliphatic heterocycles. The normalized spacial score (nSPS) is 10.6. The van der Waals surface area contributed by atoms with Gasteiger partial charge < -0.3 is 5.32 Å². The number of nitrogens with one attached hydrogen (secondary N) is 1. The number of para-hydroxylation sites is 2. The highest BCUT2D eigenvalue weighted by molar-refractivity contribution is 6.06. The molecule has 3 aromatic carbocycles. The summed E-state index contributed by atoms with van der Waals surface area (Å²) < 4.78 is 1.78. The second kappa shape index (κ2) is 7.30. The lowest BCUT2D eigenvalue weighted by Gasteiger charge is -2.11. The van der Waals surface area contributed by atoms with E-state index in [1.807, 2.05) is 91.9 Å². The molecule has 1 heterocycles. The van der Waals surface area contributed by atoms with Gasteiger partial charge in [0.1, 0.15) is 0 Å². The number of aromatic nitrogens is 2. The van der Waals surface area contributed by atoms with Gasteiger partial charge in [0, 0.05) is 11.3 Å². The Morgan fingerprint density at radius 1 is 0.852 bits per heavy atom. The Labute approximate surface area is 158 Å². The zero-order chi connectivity index (χ0) is 18.6. The Balaban J connectivity index is 1.64. The molecule has 0 bridgehead atoms. The van der Waals surface area contributed by atoms with Crippen LogP contribution < -0.4 is 5.32 Å². The molecule has 4 rings (SSSR count). The zero-order valence-corrected chi connectivity index (χ0v) is 15.0. The fourth-order valence-electron chi connectivity index (χ4n) is 3.11. The van der Waals surface area contributed by atoms with E-state index in [1.165, 1.54) is 0 Å². The third-order valence-corrected chi connectivity index (χ3v) is 4.52. The lowest BCUT2D eigenvalue weighted by Crippen LogP contribution is -2.13. The van der Waals surface area contributed by atoms with E-state index in [2.05, 4.69) is 10.4 Å². The summed E-state index contributed by atoms with van der Waals surface area (Å²) in [5.74, 6) is -0.168. The van der Waals surface area contributed by atoms with Gasteiger partial charge in [0.05, 0.1) is 23.1 Å². The van der Waals surface area contributed by atoms with Gasteiger partial charge in [0.25, 0.3) is 5.91 Å². The average Bonchev–Trinajstić information content (AvgIpc) is 3.11. The predicted octanol–water partition coefficient (Wildman–Crippen LogP) is 5.10. The standard InChI is InChI=1S/C23H19N3O/c1-17-21(16-24-26(17)19-12-6-3-7-13-19)23(27)25-22-15-9-8-14-20(22)18-10-4-2-5-11-18/h2-16H,1H3,(H,25,27). The molecule has 1 amide bonds. The van der Waals surface area contributed by atoms with E-state index in [0.717, 1.165) is 28.2 Å². The summed E-state index contributed by atoms with van der Waals surface area (Å²) in [5, 5.41) is 7.42. The summed E-state index contributed by atoms with van der Waals surface area (Å²) in [4.78, 5) is 12.9. The van der Waals surface area contributed by atoms with Gasteiger partial charge in [-0.25, -0.2) is 4.68 Å². The molecule has 0 radical (unpaired) electrons. The van der Waals surface area contributed by atoms with E-state index < -0.39 is 0 Å². The number of carbonyl (C=O) groups is 1. The van der Waals surface area contributed by atoms with Crippen LogP contribution in [0, 0.1) is 6.92 Å². The van der Waals surface area contributed by atoms with Gasteiger partial charge in [-0.15, -0.1) is 0 Å². The van der Waals surface area contributed by atoms with Crippen LogP contribution >= 0.6 is 0 Å². The van der Waals surface area contributed by atoms with Crippen LogP contribution in [-0.2, 0) is 0 Å². The maximum absolute atomic E-state index is 12.9. The monoisotopic (exact) mass is 353 g/mol. The number of rotatable bonds is 4. The molecule has 0 aliphatic carbocycles. The first-order valence-corrected chi connectivity index (χ1v) is 8.80. The van der Waals surface area contributed by atoms with Crippen LogP contribution in [0.25, 0.3) is 16.8 Å². The Morgan fingerprint density at radius 3 is 2.22 bits per heavy atom. The first kappa shape index (κ1) is 16.8. The third kappa shape index (κ3) is 3.37. The summed E-state index contributed by atoms with van der Waals surface area (Å²) in [7, 11) is 0. The second-order valence-electron chi connectivity index (χ2n) is 6.26. The molecule has 132 valence electrons.